The van der Waals surface area contributed by atoms with Gasteiger partial charge in [-0.05, 0) is 20.3 Å². The molecule has 0 radical (unpaired) electrons. The fourth-order valence-electron chi connectivity index (χ4n) is 1.65. The van der Waals surface area contributed by atoms with Crippen molar-refractivity contribution >= 4 is 11.9 Å². The number of carbonyl (C=O) groups is 2. The molecule has 1 unspecified atom stereocenters. The van der Waals surface area contributed by atoms with Crippen LogP contribution in [0.5, 0.6) is 0 Å². The molecule has 3 N–H and O–H groups in total. The van der Waals surface area contributed by atoms with Crippen molar-refractivity contribution in [2.75, 3.05) is 19.7 Å². The smallest absolute Gasteiger partial charge is 0.318 e. The van der Waals surface area contributed by atoms with Gasteiger partial charge in [-0.2, -0.15) is 0 Å². The lowest BCUT2D eigenvalue weighted by Crippen LogP contribution is -2.46. The minimum Gasteiger partial charge on any atom is -0.480 e. The molecule has 0 aromatic rings. The summed E-state index contributed by atoms with van der Waals surface area (Å²) in [4.78, 5) is 24.0. The number of aliphatic hydroxyl groups is 2. The van der Waals surface area contributed by atoms with Crippen LogP contribution in [0, 0.1) is 5.41 Å². The van der Waals surface area contributed by atoms with Crippen molar-refractivity contribution in [3.05, 3.63) is 0 Å². The van der Waals surface area contributed by atoms with Gasteiger partial charge in [0.1, 0.15) is 11.0 Å². The zero-order valence-electron chi connectivity index (χ0n) is 9.43. The maximum absolute atomic E-state index is 11.9. The Kier molecular flexibility index (Phi) is 3.25. The highest BCUT2D eigenvalue weighted by Crippen LogP contribution is 2.26. The van der Waals surface area contributed by atoms with Crippen LogP contribution in [0.25, 0.3) is 0 Å². The first-order valence-electron chi connectivity index (χ1n) is 5.09. The quantitative estimate of drug-likeness (QED) is 0.544. The predicted molar refractivity (Wildman–Crippen MR) is 54.6 cm³/mol. The Bertz CT molecular complexity index is 314. The van der Waals surface area contributed by atoms with E-state index >= 15 is 0 Å². The van der Waals surface area contributed by atoms with Crippen LogP contribution in [0.3, 0.4) is 0 Å². The average molecular weight is 231 g/mol. The van der Waals surface area contributed by atoms with Crippen LogP contribution >= 0.6 is 0 Å². The van der Waals surface area contributed by atoms with E-state index in [1.165, 1.54) is 18.7 Å². The number of β-amino-alcohol motifs (C(OH)–C–C–N with tert-alkyl or cyclic N) is 1. The number of hydrogen-bond donors (Lipinski definition) is 3. The third-order valence-electron chi connectivity index (χ3n) is 2.98. The van der Waals surface area contributed by atoms with Crippen LogP contribution in [0.15, 0.2) is 0 Å². The normalized spacial score (nSPS) is 25.9. The van der Waals surface area contributed by atoms with Crippen LogP contribution in [0.1, 0.15) is 20.3 Å². The standard InChI is InChI=1S/C10H17NO5/c1-9(2,8(14)15)7(13)11-4-3-10(16,5-11)6-12/h12,16H,3-6H2,1-2H3,(H,14,15). The summed E-state index contributed by atoms with van der Waals surface area (Å²) in [6.07, 6.45) is 0.269. The largest absolute Gasteiger partial charge is 0.480 e. The summed E-state index contributed by atoms with van der Waals surface area (Å²) in [5.74, 6) is -1.73. The highest BCUT2D eigenvalue weighted by Gasteiger charge is 2.45. The molecule has 0 bridgehead atoms. The summed E-state index contributed by atoms with van der Waals surface area (Å²) in [6.45, 7) is 2.48. The van der Waals surface area contributed by atoms with Crippen molar-refractivity contribution in [1.82, 2.24) is 4.90 Å². The second-order valence-electron chi connectivity index (χ2n) is 4.79. The van der Waals surface area contributed by atoms with E-state index in [0.29, 0.717) is 0 Å². The number of carbonyl (C=O) groups excluding carboxylic acids is 1. The Balaban J connectivity index is 2.75. The van der Waals surface area contributed by atoms with Crippen LogP contribution in [-0.2, 0) is 9.59 Å². The molecule has 1 atom stereocenters. The van der Waals surface area contributed by atoms with Gasteiger partial charge in [0.05, 0.1) is 13.2 Å². The van der Waals surface area contributed by atoms with E-state index in [9.17, 15) is 14.7 Å². The third-order valence-corrected chi connectivity index (χ3v) is 2.98. The van der Waals surface area contributed by atoms with E-state index in [2.05, 4.69) is 0 Å². The van der Waals surface area contributed by atoms with Gasteiger partial charge in [0.15, 0.2) is 0 Å². The average Bonchev–Trinajstić information content (AvgIpc) is 2.60. The Morgan fingerprint density at radius 2 is 2.00 bits per heavy atom. The van der Waals surface area contributed by atoms with Crippen LogP contribution in [0.4, 0.5) is 0 Å². The lowest BCUT2D eigenvalue weighted by atomic mass is 9.92. The maximum atomic E-state index is 11.9. The molecule has 1 fully saturated rings. The Labute approximate surface area is 93.5 Å². The molecule has 0 spiro atoms. The van der Waals surface area contributed by atoms with Crippen molar-refractivity contribution in [3.8, 4) is 0 Å². The first kappa shape index (κ1) is 12.9. The number of carboxylic acids is 1. The molecule has 1 amide bonds. The molecule has 0 aromatic heterocycles. The van der Waals surface area contributed by atoms with Gasteiger partial charge in [-0.15, -0.1) is 0 Å². The van der Waals surface area contributed by atoms with Crippen molar-refractivity contribution < 1.29 is 24.9 Å². The van der Waals surface area contributed by atoms with E-state index < -0.39 is 29.5 Å². The first-order chi connectivity index (χ1) is 7.23. The molecule has 92 valence electrons. The molecule has 1 heterocycles. The third kappa shape index (κ3) is 2.17. The molecule has 1 aliphatic heterocycles. The number of rotatable bonds is 3. The maximum Gasteiger partial charge on any atom is 0.318 e. The summed E-state index contributed by atoms with van der Waals surface area (Å²) < 4.78 is 0. The van der Waals surface area contributed by atoms with E-state index in [-0.39, 0.29) is 19.5 Å². The number of nitrogens with zero attached hydrogens (tertiary/aromatic N) is 1. The fourth-order valence-corrected chi connectivity index (χ4v) is 1.65. The molecule has 6 heteroatoms. The zero-order valence-corrected chi connectivity index (χ0v) is 9.43. The molecular weight excluding hydrogens is 214 g/mol. The van der Waals surface area contributed by atoms with Gasteiger partial charge in [0.2, 0.25) is 5.91 Å². The number of aliphatic hydroxyl groups excluding tert-OH is 1. The number of aliphatic carboxylic acids is 1. The van der Waals surface area contributed by atoms with E-state index in [0.717, 1.165) is 0 Å². The highest BCUT2D eigenvalue weighted by atomic mass is 16.4. The predicted octanol–water partition coefficient (Wildman–Crippen LogP) is -0.947. The minimum atomic E-state index is -1.50. The molecule has 1 rings (SSSR count). The number of carboxylic acid groups (broad SMARTS) is 1. The Morgan fingerprint density at radius 1 is 1.44 bits per heavy atom. The first-order valence-corrected chi connectivity index (χ1v) is 5.09. The number of amides is 1. The Hall–Kier alpha value is -1.14. The molecule has 0 aromatic carbocycles. The lowest BCUT2D eigenvalue weighted by molar-refractivity contribution is -0.158. The highest BCUT2D eigenvalue weighted by molar-refractivity contribution is 6.01. The van der Waals surface area contributed by atoms with Gasteiger partial charge >= 0.3 is 5.97 Å². The van der Waals surface area contributed by atoms with Crippen molar-refractivity contribution in [1.29, 1.82) is 0 Å². The van der Waals surface area contributed by atoms with Gasteiger partial charge in [-0.1, -0.05) is 0 Å². The summed E-state index contributed by atoms with van der Waals surface area (Å²) in [7, 11) is 0. The monoisotopic (exact) mass is 231 g/mol. The van der Waals surface area contributed by atoms with Gasteiger partial charge in [-0.3, -0.25) is 9.59 Å². The van der Waals surface area contributed by atoms with Crippen LogP contribution < -0.4 is 0 Å². The van der Waals surface area contributed by atoms with Crippen LogP contribution in [-0.4, -0.2) is 57.4 Å². The molecule has 16 heavy (non-hydrogen) atoms. The minimum absolute atomic E-state index is 0.0148. The van der Waals surface area contributed by atoms with Crippen molar-refractivity contribution in [2.24, 2.45) is 5.41 Å². The topological polar surface area (TPSA) is 98.1 Å². The SMILES string of the molecule is CC(C)(C(=O)O)C(=O)N1CCC(O)(CO)C1. The molecule has 0 saturated carbocycles. The molecule has 1 aliphatic rings. The Morgan fingerprint density at radius 3 is 2.38 bits per heavy atom. The van der Waals surface area contributed by atoms with Crippen molar-refractivity contribution in [2.45, 2.75) is 25.9 Å². The van der Waals surface area contributed by atoms with E-state index in [1.807, 2.05) is 0 Å². The van der Waals surface area contributed by atoms with Gasteiger partial charge in [-0.25, -0.2) is 0 Å². The van der Waals surface area contributed by atoms with Gasteiger partial charge < -0.3 is 20.2 Å². The van der Waals surface area contributed by atoms with Crippen LogP contribution in [0.2, 0.25) is 0 Å². The van der Waals surface area contributed by atoms with E-state index in [4.69, 9.17) is 10.2 Å². The summed E-state index contributed by atoms with van der Waals surface area (Å²) in [5, 5.41) is 27.6. The lowest BCUT2D eigenvalue weighted by Gasteiger charge is -2.26. The van der Waals surface area contributed by atoms with Gasteiger partial charge in [0, 0.05) is 6.54 Å². The summed E-state index contributed by atoms with van der Waals surface area (Å²) in [5.41, 5.74) is -2.79. The van der Waals surface area contributed by atoms with Crippen molar-refractivity contribution in [3.63, 3.8) is 0 Å². The number of likely N-dealkylation sites (tertiary alicyclic amines) is 1. The summed E-state index contributed by atoms with van der Waals surface area (Å²) >= 11 is 0. The fraction of sp³-hybridized carbons (Fsp3) is 0.800. The zero-order chi connectivity index (χ0) is 12.6. The molecule has 1 saturated heterocycles. The van der Waals surface area contributed by atoms with E-state index in [1.54, 1.807) is 0 Å². The second-order valence-corrected chi connectivity index (χ2v) is 4.79. The second kappa shape index (κ2) is 4.03. The number of hydrogen-bond acceptors (Lipinski definition) is 4. The van der Waals surface area contributed by atoms with Gasteiger partial charge in [0.25, 0.3) is 0 Å². The molecule has 6 nitrogen and oxygen atoms in total. The summed E-state index contributed by atoms with van der Waals surface area (Å²) in [6, 6.07) is 0. The molecular formula is C10H17NO5. The molecule has 0 aliphatic carbocycles.